The third-order valence-corrected chi connectivity index (χ3v) is 13.9. The second kappa shape index (κ2) is 57.7. The lowest BCUT2D eigenvalue weighted by Crippen LogP contribution is -2.45. The topological polar surface area (TPSA) is 95.9 Å². The van der Waals surface area contributed by atoms with E-state index in [1.165, 1.54) is 218 Å². The number of amides is 1. The van der Waals surface area contributed by atoms with Crippen LogP contribution in [0.15, 0.2) is 36.5 Å². The minimum atomic E-state index is -0.860. The third-order valence-electron chi connectivity index (χ3n) is 13.9. The number of rotatable bonds is 56. The molecule has 0 radical (unpaired) electrons. The molecule has 0 aromatic carbocycles. The summed E-state index contributed by atoms with van der Waals surface area (Å²) in [4.78, 5) is 24.5. The Kier molecular flexibility index (Phi) is 56.0. The summed E-state index contributed by atoms with van der Waals surface area (Å²) in [7, 11) is 0. The molecule has 1 amide bonds. The third kappa shape index (κ3) is 53.4. The predicted molar refractivity (Wildman–Crippen MR) is 296 cm³/mol. The van der Waals surface area contributed by atoms with Gasteiger partial charge in [-0.05, 0) is 64.2 Å². The van der Waals surface area contributed by atoms with Crippen LogP contribution in [0.2, 0.25) is 0 Å². The van der Waals surface area contributed by atoms with Crippen molar-refractivity contribution in [3.8, 4) is 0 Å². The molecular formula is C62H117NO5. The Morgan fingerprint density at radius 1 is 0.412 bits per heavy atom. The van der Waals surface area contributed by atoms with Gasteiger partial charge in [0, 0.05) is 12.8 Å². The number of allylic oxidation sites excluding steroid dienone is 5. The van der Waals surface area contributed by atoms with E-state index < -0.39 is 12.1 Å². The number of carbonyl (C=O) groups is 2. The van der Waals surface area contributed by atoms with Gasteiger partial charge in [-0.25, -0.2) is 0 Å². The van der Waals surface area contributed by atoms with Crippen molar-refractivity contribution in [1.29, 1.82) is 0 Å². The molecule has 6 nitrogen and oxygen atoms in total. The average Bonchev–Trinajstić information content (AvgIpc) is 3.34. The van der Waals surface area contributed by atoms with Gasteiger partial charge in [0.05, 0.1) is 25.4 Å². The summed E-state index contributed by atoms with van der Waals surface area (Å²) in [5.74, 6) is -0.107. The fourth-order valence-electron chi connectivity index (χ4n) is 9.27. The van der Waals surface area contributed by atoms with Gasteiger partial charge in [0.25, 0.3) is 0 Å². The van der Waals surface area contributed by atoms with Gasteiger partial charge in [0.2, 0.25) is 5.91 Å². The van der Waals surface area contributed by atoms with Gasteiger partial charge in [0.15, 0.2) is 0 Å². The lowest BCUT2D eigenvalue weighted by atomic mass is 10.0. The molecule has 0 aliphatic carbocycles. The molecule has 2 unspecified atom stereocenters. The Hall–Kier alpha value is -1.92. The number of unbranched alkanes of at least 4 members (excludes halogenated alkanes) is 42. The zero-order valence-electron chi connectivity index (χ0n) is 45.6. The first kappa shape index (κ1) is 66.1. The molecule has 2 atom stereocenters. The first-order valence-corrected chi connectivity index (χ1v) is 30.3. The summed E-state index contributed by atoms with van der Waals surface area (Å²) < 4.78 is 5.46. The van der Waals surface area contributed by atoms with Crippen LogP contribution in [0.3, 0.4) is 0 Å². The van der Waals surface area contributed by atoms with Crippen LogP contribution in [0, 0.1) is 0 Å². The molecular weight excluding hydrogens is 839 g/mol. The van der Waals surface area contributed by atoms with E-state index in [2.05, 4.69) is 43.5 Å². The number of aliphatic hydroxyl groups excluding tert-OH is 2. The molecule has 0 fully saturated rings. The fraction of sp³-hybridized carbons (Fsp3) is 0.871. The number of esters is 1. The van der Waals surface area contributed by atoms with Crippen molar-refractivity contribution in [2.45, 2.75) is 334 Å². The quantitative estimate of drug-likeness (QED) is 0.0244. The average molecular weight is 957 g/mol. The molecule has 0 rings (SSSR count). The molecule has 0 aliphatic rings. The van der Waals surface area contributed by atoms with Gasteiger partial charge < -0.3 is 20.3 Å². The van der Waals surface area contributed by atoms with Crippen molar-refractivity contribution in [3.63, 3.8) is 0 Å². The number of ether oxygens (including phenoxy) is 1. The Balaban J connectivity index is 3.53. The van der Waals surface area contributed by atoms with E-state index in [-0.39, 0.29) is 18.5 Å². The van der Waals surface area contributed by atoms with E-state index in [9.17, 15) is 19.8 Å². The monoisotopic (exact) mass is 956 g/mol. The van der Waals surface area contributed by atoms with Crippen LogP contribution in [0.4, 0.5) is 0 Å². The minimum absolute atomic E-state index is 0.0192. The van der Waals surface area contributed by atoms with Crippen molar-refractivity contribution in [1.82, 2.24) is 5.32 Å². The smallest absolute Gasteiger partial charge is 0.305 e. The van der Waals surface area contributed by atoms with Crippen LogP contribution in [-0.4, -0.2) is 47.4 Å². The molecule has 6 heteroatoms. The van der Waals surface area contributed by atoms with Crippen LogP contribution in [-0.2, 0) is 14.3 Å². The molecule has 0 aromatic heterocycles. The largest absolute Gasteiger partial charge is 0.466 e. The van der Waals surface area contributed by atoms with E-state index in [0.717, 1.165) is 77.0 Å². The lowest BCUT2D eigenvalue weighted by molar-refractivity contribution is -0.143. The summed E-state index contributed by atoms with van der Waals surface area (Å²) >= 11 is 0. The highest BCUT2D eigenvalue weighted by molar-refractivity contribution is 5.76. The number of hydrogen-bond donors (Lipinski definition) is 3. The molecule has 0 saturated heterocycles. The number of hydrogen-bond acceptors (Lipinski definition) is 5. The van der Waals surface area contributed by atoms with E-state index in [0.29, 0.717) is 19.4 Å². The first-order chi connectivity index (χ1) is 33.5. The van der Waals surface area contributed by atoms with Crippen LogP contribution >= 0.6 is 0 Å². The Morgan fingerprint density at radius 3 is 1.09 bits per heavy atom. The Labute approximate surface area is 424 Å². The number of aliphatic hydroxyl groups is 2. The zero-order valence-corrected chi connectivity index (χ0v) is 45.6. The summed E-state index contributed by atoms with van der Waals surface area (Å²) in [6, 6.07) is -0.645. The molecule has 0 heterocycles. The van der Waals surface area contributed by atoms with Crippen LogP contribution < -0.4 is 5.32 Å². The summed E-state index contributed by atoms with van der Waals surface area (Å²) in [5.41, 5.74) is 0. The second-order valence-corrected chi connectivity index (χ2v) is 20.7. The van der Waals surface area contributed by atoms with Crippen molar-refractivity contribution in [3.05, 3.63) is 36.5 Å². The second-order valence-electron chi connectivity index (χ2n) is 20.7. The van der Waals surface area contributed by atoms with Gasteiger partial charge in [-0.3, -0.25) is 9.59 Å². The van der Waals surface area contributed by atoms with Crippen LogP contribution in [0.25, 0.3) is 0 Å². The molecule has 400 valence electrons. The van der Waals surface area contributed by atoms with Crippen molar-refractivity contribution in [2.24, 2.45) is 0 Å². The zero-order chi connectivity index (χ0) is 49.3. The maximum absolute atomic E-state index is 12.5. The van der Waals surface area contributed by atoms with E-state index in [1.54, 1.807) is 6.08 Å². The Morgan fingerprint density at radius 2 is 0.721 bits per heavy atom. The van der Waals surface area contributed by atoms with Gasteiger partial charge in [-0.1, -0.05) is 281 Å². The van der Waals surface area contributed by atoms with E-state index in [1.807, 2.05) is 6.08 Å². The van der Waals surface area contributed by atoms with E-state index in [4.69, 9.17) is 4.74 Å². The molecule has 0 aliphatic heterocycles. The lowest BCUT2D eigenvalue weighted by Gasteiger charge is -2.20. The van der Waals surface area contributed by atoms with Crippen molar-refractivity contribution < 1.29 is 24.5 Å². The van der Waals surface area contributed by atoms with Crippen molar-refractivity contribution in [2.75, 3.05) is 13.2 Å². The molecule has 3 N–H and O–H groups in total. The van der Waals surface area contributed by atoms with Crippen LogP contribution in [0.5, 0.6) is 0 Å². The van der Waals surface area contributed by atoms with E-state index >= 15 is 0 Å². The first-order valence-electron chi connectivity index (χ1n) is 30.3. The fourth-order valence-corrected chi connectivity index (χ4v) is 9.27. The molecule has 68 heavy (non-hydrogen) atoms. The summed E-state index contributed by atoms with van der Waals surface area (Å²) in [6.07, 6.45) is 71.7. The van der Waals surface area contributed by atoms with Gasteiger partial charge in [0.1, 0.15) is 0 Å². The van der Waals surface area contributed by atoms with Crippen LogP contribution in [0.1, 0.15) is 322 Å². The summed E-state index contributed by atoms with van der Waals surface area (Å²) in [5, 5.41) is 23.2. The summed E-state index contributed by atoms with van der Waals surface area (Å²) in [6.45, 7) is 4.87. The maximum atomic E-state index is 12.5. The standard InChI is InChI=1S/C62H117NO5/c1-3-5-7-9-11-13-15-17-19-21-22-23-24-26-30-34-38-42-46-50-54-60(65)59(58-64)63-61(66)55-51-47-43-39-35-31-27-25-29-33-37-41-45-49-53-57-68-62(67)56-52-48-44-40-36-32-28-20-18-16-14-12-10-8-6-4-2/h25,29,33,37,50,54,59-60,64-65H,3-24,26-28,30-32,34-36,38-49,51-53,55-58H2,1-2H3,(H,63,66)/b29-25-,37-33-,54-50+. The number of carbonyl (C=O) groups excluding carboxylic acids is 2. The highest BCUT2D eigenvalue weighted by Gasteiger charge is 2.18. The highest BCUT2D eigenvalue weighted by atomic mass is 16.5. The normalized spacial score (nSPS) is 12.8. The highest BCUT2D eigenvalue weighted by Crippen LogP contribution is 2.17. The van der Waals surface area contributed by atoms with Gasteiger partial charge >= 0.3 is 5.97 Å². The van der Waals surface area contributed by atoms with Gasteiger partial charge in [-0.2, -0.15) is 0 Å². The van der Waals surface area contributed by atoms with Gasteiger partial charge in [-0.15, -0.1) is 0 Å². The predicted octanol–water partition coefficient (Wildman–Crippen LogP) is 18.8. The minimum Gasteiger partial charge on any atom is -0.466 e. The molecule has 0 bridgehead atoms. The SMILES string of the molecule is CCCCCCCCCCCCCCCCCCCC/C=C/C(O)C(CO)NC(=O)CCCCCCCC/C=C\C=C/CCCCCOC(=O)CCCCCCCCCCCCCCCCCC. The molecule has 0 aromatic rings. The Bertz CT molecular complexity index is 1100. The maximum Gasteiger partial charge on any atom is 0.305 e. The van der Waals surface area contributed by atoms with Crippen molar-refractivity contribution >= 4 is 11.9 Å². The molecule has 0 spiro atoms. The molecule has 0 saturated carbocycles. The number of nitrogens with one attached hydrogen (secondary N) is 1.